The lowest BCUT2D eigenvalue weighted by atomic mass is 9.98. The van der Waals surface area contributed by atoms with Gasteiger partial charge in [-0.2, -0.15) is 0 Å². The lowest BCUT2D eigenvalue weighted by Crippen LogP contribution is -1.86. The second kappa shape index (κ2) is 5.16. The quantitative estimate of drug-likeness (QED) is 0.660. The van der Waals surface area contributed by atoms with Crippen LogP contribution in [0.25, 0.3) is 5.57 Å². The van der Waals surface area contributed by atoms with Crippen LogP contribution in [0.3, 0.4) is 0 Å². The van der Waals surface area contributed by atoms with Crippen LogP contribution in [-0.2, 0) is 0 Å². The highest BCUT2D eigenvalue weighted by Crippen LogP contribution is 2.34. The standard InChI is InChI=1S/C16H20/c1-3-4-8-15-11-13(2)12-16(15)14-9-6-5-7-10-14/h5-7,9-10,12H,3-4,8,11H2,1-2H3. The van der Waals surface area contributed by atoms with Crippen LogP contribution in [0.4, 0.5) is 0 Å². The molecule has 0 saturated heterocycles. The molecule has 0 nitrogen and oxygen atoms in total. The van der Waals surface area contributed by atoms with Crippen LogP contribution in [0.2, 0.25) is 0 Å². The van der Waals surface area contributed by atoms with E-state index in [1.165, 1.54) is 42.4 Å². The molecule has 1 aliphatic carbocycles. The lowest BCUT2D eigenvalue weighted by molar-refractivity contribution is 0.776. The molecule has 0 radical (unpaired) electrons. The molecule has 0 saturated carbocycles. The van der Waals surface area contributed by atoms with Crippen LogP contribution >= 0.6 is 0 Å². The van der Waals surface area contributed by atoms with Gasteiger partial charge in [0.25, 0.3) is 0 Å². The van der Waals surface area contributed by atoms with Crippen molar-refractivity contribution in [2.24, 2.45) is 0 Å². The molecule has 1 aromatic carbocycles. The Morgan fingerprint density at radius 1 is 1.12 bits per heavy atom. The van der Waals surface area contributed by atoms with Crippen LogP contribution in [0.5, 0.6) is 0 Å². The van der Waals surface area contributed by atoms with Crippen molar-refractivity contribution in [1.82, 2.24) is 0 Å². The summed E-state index contributed by atoms with van der Waals surface area (Å²) < 4.78 is 0. The molecule has 0 fully saturated rings. The van der Waals surface area contributed by atoms with E-state index in [0.717, 1.165) is 0 Å². The number of hydrogen-bond donors (Lipinski definition) is 0. The third-order valence-electron chi connectivity index (χ3n) is 3.18. The summed E-state index contributed by atoms with van der Waals surface area (Å²) in [4.78, 5) is 0. The summed E-state index contributed by atoms with van der Waals surface area (Å²) in [6, 6.07) is 10.8. The molecule has 0 amide bonds. The minimum absolute atomic E-state index is 1.18. The first-order chi connectivity index (χ1) is 7.81. The monoisotopic (exact) mass is 212 g/mol. The Balaban J connectivity index is 2.26. The van der Waals surface area contributed by atoms with Gasteiger partial charge in [-0.15, -0.1) is 0 Å². The highest BCUT2D eigenvalue weighted by molar-refractivity contribution is 5.80. The molecule has 84 valence electrons. The molecule has 0 heteroatoms. The number of unbranched alkanes of at least 4 members (excludes halogenated alkanes) is 1. The molecule has 0 bridgehead atoms. The predicted molar refractivity (Wildman–Crippen MR) is 71.3 cm³/mol. The van der Waals surface area contributed by atoms with Crippen molar-refractivity contribution in [3.05, 3.63) is 53.1 Å². The fourth-order valence-corrected chi connectivity index (χ4v) is 2.35. The largest absolute Gasteiger partial charge is 0.0686 e. The van der Waals surface area contributed by atoms with Gasteiger partial charge >= 0.3 is 0 Å². The molecule has 0 N–H and O–H groups in total. The second-order valence-corrected chi connectivity index (χ2v) is 4.65. The van der Waals surface area contributed by atoms with Crippen molar-refractivity contribution in [2.75, 3.05) is 0 Å². The average Bonchev–Trinajstić information content (AvgIpc) is 2.69. The Morgan fingerprint density at radius 2 is 1.88 bits per heavy atom. The van der Waals surface area contributed by atoms with Gasteiger partial charge in [0, 0.05) is 0 Å². The predicted octanol–water partition coefficient (Wildman–Crippen LogP) is 4.98. The molecule has 0 spiro atoms. The first-order valence-electron chi connectivity index (χ1n) is 6.26. The molecule has 0 heterocycles. The maximum atomic E-state index is 2.36. The van der Waals surface area contributed by atoms with Crippen molar-refractivity contribution < 1.29 is 0 Å². The van der Waals surface area contributed by atoms with Crippen LogP contribution in [-0.4, -0.2) is 0 Å². The Labute approximate surface area is 98.7 Å². The summed E-state index contributed by atoms with van der Waals surface area (Å²) in [5.41, 5.74) is 5.99. The van der Waals surface area contributed by atoms with Crippen LogP contribution in [0, 0.1) is 0 Å². The van der Waals surface area contributed by atoms with E-state index in [2.05, 4.69) is 50.3 Å². The van der Waals surface area contributed by atoms with Crippen LogP contribution in [0.1, 0.15) is 45.1 Å². The van der Waals surface area contributed by atoms with Crippen LogP contribution < -0.4 is 0 Å². The van der Waals surface area contributed by atoms with Crippen molar-refractivity contribution >= 4 is 5.57 Å². The SMILES string of the molecule is CCCCC1=C(c2ccccc2)C=C(C)C1. The van der Waals surface area contributed by atoms with Crippen LogP contribution in [0.15, 0.2) is 47.6 Å². The van der Waals surface area contributed by atoms with E-state index in [0.29, 0.717) is 0 Å². The van der Waals surface area contributed by atoms with Gasteiger partial charge in [0.2, 0.25) is 0 Å². The highest BCUT2D eigenvalue weighted by atomic mass is 14.2. The zero-order valence-corrected chi connectivity index (χ0v) is 10.3. The first kappa shape index (κ1) is 11.2. The third kappa shape index (κ3) is 2.44. The van der Waals surface area contributed by atoms with E-state index < -0.39 is 0 Å². The lowest BCUT2D eigenvalue weighted by Gasteiger charge is -2.06. The van der Waals surface area contributed by atoms with Crippen molar-refractivity contribution in [1.29, 1.82) is 0 Å². The molecular formula is C16H20. The maximum absolute atomic E-state index is 2.36. The summed E-state index contributed by atoms with van der Waals surface area (Å²) in [6.07, 6.45) is 7.40. The van der Waals surface area contributed by atoms with Gasteiger partial charge in [-0.25, -0.2) is 0 Å². The fourth-order valence-electron chi connectivity index (χ4n) is 2.35. The van der Waals surface area contributed by atoms with Gasteiger partial charge in [0.05, 0.1) is 0 Å². The minimum atomic E-state index is 1.18. The molecule has 0 atom stereocenters. The topological polar surface area (TPSA) is 0 Å². The molecule has 0 aliphatic heterocycles. The summed E-state index contributed by atoms with van der Waals surface area (Å²) in [7, 11) is 0. The normalized spacial score (nSPS) is 15.5. The Hall–Kier alpha value is -1.30. The van der Waals surface area contributed by atoms with Gasteiger partial charge in [0.15, 0.2) is 0 Å². The van der Waals surface area contributed by atoms with Gasteiger partial charge in [0.1, 0.15) is 0 Å². The Bertz CT molecular complexity index is 407. The number of benzene rings is 1. The van der Waals surface area contributed by atoms with E-state index in [-0.39, 0.29) is 0 Å². The summed E-state index contributed by atoms with van der Waals surface area (Å²) in [6.45, 7) is 4.50. The summed E-state index contributed by atoms with van der Waals surface area (Å²) in [5.74, 6) is 0. The molecule has 1 aromatic rings. The van der Waals surface area contributed by atoms with Crippen molar-refractivity contribution in [3.63, 3.8) is 0 Å². The van der Waals surface area contributed by atoms with Gasteiger partial charge in [-0.05, 0) is 37.3 Å². The Kier molecular flexibility index (Phi) is 3.61. The Morgan fingerprint density at radius 3 is 2.56 bits per heavy atom. The zero-order valence-electron chi connectivity index (χ0n) is 10.3. The summed E-state index contributed by atoms with van der Waals surface area (Å²) >= 11 is 0. The smallest absolute Gasteiger partial charge is 0.00987 e. The number of allylic oxidation sites excluding steroid dienone is 4. The maximum Gasteiger partial charge on any atom is -0.00987 e. The molecule has 0 aromatic heterocycles. The molecule has 16 heavy (non-hydrogen) atoms. The summed E-state index contributed by atoms with van der Waals surface area (Å²) in [5, 5.41) is 0. The van der Waals surface area contributed by atoms with Gasteiger partial charge in [-0.1, -0.05) is 60.9 Å². The van der Waals surface area contributed by atoms with Crippen molar-refractivity contribution in [3.8, 4) is 0 Å². The zero-order chi connectivity index (χ0) is 11.4. The van der Waals surface area contributed by atoms with E-state index in [9.17, 15) is 0 Å². The molecule has 1 aliphatic rings. The number of rotatable bonds is 4. The number of hydrogen-bond acceptors (Lipinski definition) is 0. The second-order valence-electron chi connectivity index (χ2n) is 4.65. The van der Waals surface area contributed by atoms with E-state index in [1.54, 1.807) is 5.57 Å². The van der Waals surface area contributed by atoms with Gasteiger partial charge in [-0.3, -0.25) is 0 Å². The fraction of sp³-hybridized carbons (Fsp3) is 0.375. The van der Waals surface area contributed by atoms with E-state index in [1.807, 2.05) is 0 Å². The minimum Gasteiger partial charge on any atom is -0.0686 e. The highest BCUT2D eigenvalue weighted by Gasteiger charge is 2.13. The third-order valence-corrected chi connectivity index (χ3v) is 3.18. The molecular weight excluding hydrogens is 192 g/mol. The molecule has 0 unspecified atom stereocenters. The van der Waals surface area contributed by atoms with Gasteiger partial charge < -0.3 is 0 Å². The van der Waals surface area contributed by atoms with Crippen molar-refractivity contribution in [2.45, 2.75) is 39.5 Å². The van der Waals surface area contributed by atoms with E-state index in [4.69, 9.17) is 0 Å². The average molecular weight is 212 g/mol. The molecule has 2 rings (SSSR count). The van der Waals surface area contributed by atoms with E-state index >= 15 is 0 Å². The first-order valence-corrected chi connectivity index (χ1v) is 6.26.